The van der Waals surface area contributed by atoms with E-state index in [0.29, 0.717) is 21.9 Å². The number of benzene rings is 2. The zero-order valence-electron chi connectivity index (χ0n) is 24.2. The molecule has 42 heavy (non-hydrogen) atoms. The Morgan fingerprint density at radius 1 is 0.643 bits per heavy atom. The number of carbonyl (C=O) groups excluding carboxylic acids is 1. The number of aromatic nitrogens is 4. The average molecular weight is 604 g/mol. The number of Topliss-reactive ketones (excluding diaryl/α,β-unsaturated/α-hetero) is 1. The van der Waals surface area contributed by atoms with E-state index in [9.17, 15) is 4.79 Å². The molecule has 0 N–H and O–H groups in total. The van der Waals surface area contributed by atoms with Crippen LogP contribution >= 0.6 is 23.2 Å². The van der Waals surface area contributed by atoms with Crippen molar-refractivity contribution in [2.45, 2.75) is 101 Å². The van der Waals surface area contributed by atoms with Gasteiger partial charge in [-0.1, -0.05) is 98.8 Å². The van der Waals surface area contributed by atoms with Crippen LogP contribution in [-0.2, 0) is 4.79 Å². The molecule has 0 bridgehead atoms. The van der Waals surface area contributed by atoms with E-state index in [1.807, 2.05) is 33.7 Å². The van der Waals surface area contributed by atoms with Crippen LogP contribution in [0.5, 0.6) is 0 Å². The lowest BCUT2D eigenvalue weighted by Crippen LogP contribution is -2.30. The molecule has 6 rings (SSSR count). The molecule has 0 aliphatic heterocycles. The first-order valence-corrected chi connectivity index (χ1v) is 16.4. The van der Waals surface area contributed by atoms with Crippen LogP contribution in [-0.4, -0.2) is 24.9 Å². The number of hydrogen-bond donors (Lipinski definition) is 0. The fourth-order valence-electron chi connectivity index (χ4n) is 7.18. The molecule has 2 unspecified atom stereocenters. The molecule has 2 heterocycles. The number of carbonyl (C=O) groups is 1. The summed E-state index contributed by atoms with van der Waals surface area (Å²) in [5.74, 6) is 0.996. The van der Waals surface area contributed by atoms with Gasteiger partial charge in [-0.05, 0) is 60.8 Å². The van der Waals surface area contributed by atoms with Gasteiger partial charge >= 0.3 is 0 Å². The van der Waals surface area contributed by atoms with Crippen LogP contribution in [0.25, 0.3) is 0 Å². The van der Waals surface area contributed by atoms with Gasteiger partial charge in [0.15, 0.2) is 5.78 Å². The number of ketones is 1. The third kappa shape index (κ3) is 6.38. The fraction of sp³-hybridized carbons (Fsp3) is 0.457. The molecule has 2 saturated carbocycles. The Bertz CT molecular complexity index is 1340. The summed E-state index contributed by atoms with van der Waals surface area (Å²) in [6.07, 6.45) is 25.5. The molecule has 7 heteroatoms. The molecule has 2 aromatic carbocycles. The molecule has 4 aromatic rings. The van der Waals surface area contributed by atoms with E-state index in [1.54, 1.807) is 25.0 Å². The Morgan fingerprint density at radius 3 is 1.38 bits per heavy atom. The van der Waals surface area contributed by atoms with Gasteiger partial charge in [0, 0.05) is 46.0 Å². The summed E-state index contributed by atoms with van der Waals surface area (Å²) < 4.78 is 3.71. The second-order valence-electron chi connectivity index (χ2n) is 12.2. The molecule has 220 valence electrons. The minimum Gasteiger partial charge on any atom is -0.323 e. The standard InChI is InChI=1S/C35H40Cl2N4O/c36-31-21-27(25-9-5-1-2-6-10-25)13-15-29(31)33(40-19-17-38-23-40)35(42)34(41-20-18-39-24-41)30-16-14-28(22-32(30)37)26-11-7-3-4-8-12-26/h13-26,33-34H,1-12H2. The van der Waals surface area contributed by atoms with Gasteiger partial charge in [0.1, 0.15) is 12.1 Å². The summed E-state index contributed by atoms with van der Waals surface area (Å²) in [5, 5.41) is 1.23. The van der Waals surface area contributed by atoms with Crippen LogP contribution in [0.4, 0.5) is 0 Å². The van der Waals surface area contributed by atoms with Crippen LogP contribution < -0.4 is 0 Å². The molecule has 2 fully saturated rings. The highest BCUT2D eigenvalue weighted by Gasteiger charge is 2.35. The van der Waals surface area contributed by atoms with Crippen molar-refractivity contribution in [2.24, 2.45) is 0 Å². The fourth-order valence-corrected chi connectivity index (χ4v) is 7.76. The topological polar surface area (TPSA) is 52.7 Å². The Hall–Kier alpha value is -2.89. The van der Waals surface area contributed by atoms with Crippen LogP contribution in [0.1, 0.15) is 123 Å². The summed E-state index contributed by atoms with van der Waals surface area (Å²) in [6, 6.07) is 11.3. The minimum absolute atomic E-state index is 0.0424. The Labute approximate surface area is 259 Å². The Balaban J connectivity index is 1.37. The highest BCUT2D eigenvalue weighted by Crippen LogP contribution is 2.40. The maximum Gasteiger partial charge on any atom is 0.187 e. The predicted molar refractivity (Wildman–Crippen MR) is 170 cm³/mol. The quantitative estimate of drug-likeness (QED) is 0.189. The normalized spacial score (nSPS) is 18.7. The van der Waals surface area contributed by atoms with Gasteiger partial charge in [-0.15, -0.1) is 0 Å². The van der Waals surface area contributed by atoms with Crippen molar-refractivity contribution in [1.82, 2.24) is 19.1 Å². The molecule has 0 saturated heterocycles. The molecule has 0 amide bonds. The van der Waals surface area contributed by atoms with Crippen molar-refractivity contribution >= 4 is 29.0 Å². The number of halogens is 2. The zero-order chi connectivity index (χ0) is 28.9. The summed E-state index contributed by atoms with van der Waals surface area (Å²) in [4.78, 5) is 23.4. The van der Waals surface area contributed by atoms with E-state index in [4.69, 9.17) is 23.2 Å². The Morgan fingerprint density at radius 2 is 1.05 bits per heavy atom. The van der Waals surface area contributed by atoms with Gasteiger partial charge in [0.25, 0.3) is 0 Å². The van der Waals surface area contributed by atoms with E-state index in [-0.39, 0.29) is 5.78 Å². The number of hydrogen-bond acceptors (Lipinski definition) is 3. The summed E-state index contributed by atoms with van der Waals surface area (Å²) in [5.41, 5.74) is 4.08. The smallest absolute Gasteiger partial charge is 0.187 e. The summed E-state index contributed by atoms with van der Waals surface area (Å²) in [6.45, 7) is 0. The maximum absolute atomic E-state index is 14.8. The first kappa shape index (κ1) is 29.2. The first-order chi connectivity index (χ1) is 20.6. The monoisotopic (exact) mass is 602 g/mol. The van der Waals surface area contributed by atoms with Crippen molar-refractivity contribution in [3.8, 4) is 0 Å². The van der Waals surface area contributed by atoms with Crippen molar-refractivity contribution < 1.29 is 4.79 Å². The molecule has 0 spiro atoms. The van der Waals surface area contributed by atoms with Crippen LogP contribution in [0.2, 0.25) is 10.0 Å². The lowest BCUT2D eigenvalue weighted by atomic mass is 9.87. The van der Waals surface area contributed by atoms with E-state index in [2.05, 4.69) is 34.2 Å². The predicted octanol–water partition coefficient (Wildman–Crippen LogP) is 9.71. The summed E-state index contributed by atoms with van der Waals surface area (Å²) in [7, 11) is 0. The van der Waals surface area contributed by atoms with Gasteiger partial charge in [-0.2, -0.15) is 0 Å². The minimum atomic E-state index is -0.673. The molecule has 2 atom stereocenters. The first-order valence-electron chi connectivity index (χ1n) is 15.7. The molecule has 2 aliphatic carbocycles. The van der Waals surface area contributed by atoms with Crippen molar-refractivity contribution in [3.63, 3.8) is 0 Å². The van der Waals surface area contributed by atoms with Gasteiger partial charge in [0.2, 0.25) is 0 Å². The Kier molecular flexibility index (Phi) is 9.46. The van der Waals surface area contributed by atoms with Crippen molar-refractivity contribution in [3.05, 3.63) is 106 Å². The van der Waals surface area contributed by atoms with E-state index < -0.39 is 12.1 Å². The van der Waals surface area contributed by atoms with E-state index in [1.165, 1.54) is 88.2 Å². The second-order valence-corrected chi connectivity index (χ2v) is 13.0. The lowest BCUT2D eigenvalue weighted by molar-refractivity contribution is -0.123. The van der Waals surface area contributed by atoms with Gasteiger partial charge in [-0.3, -0.25) is 4.79 Å². The molecule has 2 aromatic heterocycles. The number of nitrogens with zero attached hydrogens (tertiary/aromatic N) is 4. The molecular formula is C35H40Cl2N4O. The van der Waals surface area contributed by atoms with Crippen molar-refractivity contribution in [1.29, 1.82) is 0 Å². The maximum atomic E-state index is 14.8. The molecule has 2 aliphatic rings. The molecule has 5 nitrogen and oxygen atoms in total. The molecular weight excluding hydrogens is 563 g/mol. The van der Waals surface area contributed by atoms with Gasteiger partial charge in [0.05, 0.1) is 12.7 Å². The number of imidazole rings is 2. The van der Waals surface area contributed by atoms with Crippen LogP contribution in [0.15, 0.2) is 73.8 Å². The van der Waals surface area contributed by atoms with Crippen LogP contribution in [0, 0.1) is 0 Å². The lowest BCUT2D eigenvalue weighted by Gasteiger charge is -2.27. The average Bonchev–Trinajstić information content (AvgIpc) is 3.57. The summed E-state index contributed by atoms with van der Waals surface area (Å²) >= 11 is 14.1. The van der Waals surface area contributed by atoms with Crippen molar-refractivity contribution in [2.75, 3.05) is 0 Å². The second kappa shape index (κ2) is 13.6. The highest BCUT2D eigenvalue weighted by atomic mass is 35.5. The number of rotatable bonds is 8. The van der Waals surface area contributed by atoms with Gasteiger partial charge in [-0.25, -0.2) is 9.97 Å². The third-order valence-electron chi connectivity index (χ3n) is 9.48. The van der Waals surface area contributed by atoms with E-state index >= 15 is 0 Å². The third-order valence-corrected chi connectivity index (χ3v) is 10.1. The van der Waals surface area contributed by atoms with Gasteiger partial charge < -0.3 is 9.13 Å². The highest BCUT2D eigenvalue weighted by molar-refractivity contribution is 6.32. The SMILES string of the molecule is O=C(C(c1ccc(C2CCCCCC2)cc1Cl)n1ccnc1)C(c1ccc(C2CCCCCC2)cc1Cl)n1ccnc1. The largest absolute Gasteiger partial charge is 0.323 e. The molecule has 0 radical (unpaired) electrons. The van der Waals surface area contributed by atoms with Crippen LogP contribution in [0.3, 0.4) is 0 Å². The zero-order valence-corrected chi connectivity index (χ0v) is 25.7. The van der Waals surface area contributed by atoms with E-state index in [0.717, 1.165) is 11.1 Å².